The number of carboxylic acids is 1. The van der Waals surface area contributed by atoms with E-state index in [4.69, 9.17) is 9.52 Å². The van der Waals surface area contributed by atoms with Crippen LogP contribution in [0.5, 0.6) is 0 Å². The maximum absolute atomic E-state index is 12.7. The van der Waals surface area contributed by atoms with Crippen molar-refractivity contribution in [2.45, 2.75) is 25.7 Å². The number of likely N-dealkylation sites (tertiary alicyclic amines) is 1. The molecule has 3 rings (SSSR count). The Morgan fingerprint density at radius 1 is 1.39 bits per heavy atom. The average Bonchev–Trinajstić information content (AvgIpc) is 2.98. The van der Waals surface area contributed by atoms with Crippen LogP contribution in [0.2, 0.25) is 0 Å². The van der Waals surface area contributed by atoms with Crippen LogP contribution in [-0.4, -0.2) is 35.0 Å². The first kappa shape index (κ1) is 16.1. The molecule has 1 aliphatic rings. The lowest BCUT2D eigenvalue weighted by Crippen LogP contribution is -2.39. The molecule has 6 heteroatoms. The third kappa shape index (κ3) is 3.58. The van der Waals surface area contributed by atoms with E-state index in [1.165, 1.54) is 0 Å². The second kappa shape index (κ2) is 6.74. The molecule has 2 aromatic rings. The van der Waals surface area contributed by atoms with Crippen molar-refractivity contribution < 1.29 is 19.1 Å². The van der Waals surface area contributed by atoms with E-state index in [9.17, 15) is 9.59 Å². The minimum Gasteiger partial charge on any atom is -0.481 e. The van der Waals surface area contributed by atoms with Crippen LogP contribution in [0.4, 0.5) is 0 Å². The van der Waals surface area contributed by atoms with Crippen LogP contribution in [-0.2, 0) is 4.79 Å². The number of piperidine rings is 1. The van der Waals surface area contributed by atoms with E-state index >= 15 is 0 Å². The van der Waals surface area contributed by atoms with Gasteiger partial charge in [0.1, 0.15) is 5.58 Å². The SMILES string of the molecule is O=C(O)CCC1CCCN(C(=O)c2cc3cccc(Br)c3o2)C1. The number of carboxylic acid groups (broad SMARTS) is 1. The van der Waals surface area contributed by atoms with Gasteiger partial charge in [0.2, 0.25) is 0 Å². The van der Waals surface area contributed by atoms with Gasteiger partial charge >= 0.3 is 5.97 Å². The van der Waals surface area contributed by atoms with Crippen molar-refractivity contribution in [3.8, 4) is 0 Å². The van der Waals surface area contributed by atoms with Crippen LogP contribution in [0.1, 0.15) is 36.2 Å². The molecule has 0 spiro atoms. The van der Waals surface area contributed by atoms with Crippen LogP contribution in [0.3, 0.4) is 0 Å². The lowest BCUT2D eigenvalue weighted by Gasteiger charge is -2.32. The Balaban J connectivity index is 1.73. The van der Waals surface area contributed by atoms with Crippen LogP contribution in [0.25, 0.3) is 11.0 Å². The Morgan fingerprint density at radius 2 is 2.22 bits per heavy atom. The number of nitrogens with zero attached hydrogens (tertiary/aromatic N) is 1. The molecular formula is C17H18BrNO4. The first-order valence-corrected chi connectivity index (χ1v) is 8.53. The van der Waals surface area contributed by atoms with Gasteiger partial charge in [0.25, 0.3) is 5.91 Å². The molecule has 0 radical (unpaired) electrons. The quantitative estimate of drug-likeness (QED) is 0.873. The van der Waals surface area contributed by atoms with Crippen molar-refractivity contribution in [1.29, 1.82) is 0 Å². The summed E-state index contributed by atoms with van der Waals surface area (Å²) in [5, 5.41) is 9.69. The number of halogens is 1. The van der Waals surface area contributed by atoms with Gasteiger partial charge in [-0.3, -0.25) is 9.59 Å². The molecular weight excluding hydrogens is 362 g/mol. The molecule has 1 aromatic heterocycles. The molecule has 1 aliphatic heterocycles. The number of amides is 1. The van der Waals surface area contributed by atoms with Gasteiger partial charge in [-0.05, 0) is 53.2 Å². The van der Waals surface area contributed by atoms with Gasteiger partial charge in [0.05, 0.1) is 4.47 Å². The van der Waals surface area contributed by atoms with E-state index in [1.807, 2.05) is 18.2 Å². The van der Waals surface area contributed by atoms with E-state index in [0.717, 1.165) is 22.7 Å². The third-order valence-electron chi connectivity index (χ3n) is 4.28. The zero-order valence-electron chi connectivity index (χ0n) is 12.6. The normalized spacial score (nSPS) is 18.3. The number of furan rings is 1. The van der Waals surface area contributed by atoms with Crippen molar-refractivity contribution in [3.63, 3.8) is 0 Å². The predicted molar refractivity (Wildman–Crippen MR) is 89.4 cm³/mol. The molecule has 122 valence electrons. The average molecular weight is 380 g/mol. The number of benzene rings is 1. The molecule has 5 nitrogen and oxygen atoms in total. The maximum Gasteiger partial charge on any atom is 0.303 e. The van der Waals surface area contributed by atoms with Gasteiger partial charge in [-0.1, -0.05) is 12.1 Å². The lowest BCUT2D eigenvalue weighted by atomic mass is 9.93. The monoisotopic (exact) mass is 379 g/mol. The Hall–Kier alpha value is -1.82. The summed E-state index contributed by atoms with van der Waals surface area (Å²) < 4.78 is 6.54. The Morgan fingerprint density at radius 3 is 2.96 bits per heavy atom. The fourth-order valence-electron chi connectivity index (χ4n) is 3.10. The van der Waals surface area contributed by atoms with Crippen LogP contribution >= 0.6 is 15.9 Å². The second-order valence-corrected chi connectivity index (χ2v) is 6.82. The van der Waals surface area contributed by atoms with Gasteiger partial charge in [0.15, 0.2) is 5.76 Å². The summed E-state index contributed by atoms with van der Waals surface area (Å²) in [5.41, 5.74) is 0.676. The molecule has 0 aliphatic carbocycles. The summed E-state index contributed by atoms with van der Waals surface area (Å²) in [5.74, 6) is -0.311. The molecule has 23 heavy (non-hydrogen) atoms. The highest BCUT2D eigenvalue weighted by Crippen LogP contribution is 2.29. The third-order valence-corrected chi connectivity index (χ3v) is 4.90. The highest BCUT2D eigenvalue weighted by Gasteiger charge is 2.27. The molecule has 0 saturated carbocycles. The van der Waals surface area contributed by atoms with Gasteiger partial charge < -0.3 is 14.4 Å². The van der Waals surface area contributed by atoms with Crippen LogP contribution in [0, 0.1) is 5.92 Å². The van der Waals surface area contributed by atoms with E-state index in [2.05, 4.69) is 15.9 Å². The molecule has 1 amide bonds. The summed E-state index contributed by atoms with van der Waals surface area (Å²) in [7, 11) is 0. The van der Waals surface area contributed by atoms with Gasteiger partial charge in [-0.2, -0.15) is 0 Å². The molecule has 1 unspecified atom stereocenters. The van der Waals surface area contributed by atoms with Gasteiger partial charge in [-0.25, -0.2) is 0 Å². The number of aliphatic carboxylic acids is 1. The highest BCUT2D eigenvalue weighted by atomic mass is 79.9. The molecule has 1 N–H and O–H groups in total. The molecule has 1 fully saturated rings. The van der Waals surface area contributed by atoms with E-state index < -0.39 is 5.97 Å². The largest absolute Gasteiger partial charge is 0.481 e. The summed E-state index contributed by atoms with van der Waals surface area (Å²) >= 11 is 3.42. The van der Waals surface area contributed by atoms with Crippen LogP contribution in [0.15, 0.2) is 33.2 Å². The first-order valence-electron chi connectivity index (χ1n) is 7.73. The van der Waals surface area contributed by atoms with E-state index in [-0.39, 0.29) is 18.2 Å². The fourth-order valence-corrected chi connectivity index (χ4v) is 3.56. The Labute approximate surface area is 142 Å². The van der Waals surface area contributed by atoms with Crippen molar-refractivity contribution in [2.75, 3.05) is 13.1 Å². The summed E-state index contributed by atoms with van der Waals surface area (Å²) in [6, 6.07) is 7.46. The number of fused-ring (bicyclic) bond motifs is 1. The molecule has 1 atom stereocenters. The fraction of sp³-hybridized carbons (Fsp3) is 0.412. The van der Waals surface area contributed by atoms with Crippen molar-refractivity contribution >= 4 is 38.8 Å². The highest BCUT2D eigenvalue weighted by molar-refractivity contribution is 9.10. The zero-order valence-corrected chi connectivity index (χ0v) is 14.2. The maximum atomic E-state index is 12.7. The van der Waals surface area contributed by atoms with Gasteiger partial charge in [-0.15, -0.1) is 0 Å². The van der Waals surface area contributed by atoms with Crippen molar-refractivity contribution in [1.82, 2.24) is 4.90 Å². The molecule has 2 heterocycles. The van der Waals surface area contributed by atoms with E-state index in [0.29, 0.717) is 30.9 Å². The zero-order chi connectivity index (χ0) is 16.4. The van der Waals surface area contributed by atoms with Crippen molar-refractivity contribution in [3.05, 3.63) is 34.5 Å². The first-order chi connectivity index (χ1) is 11.0. The minimum absolute atomic E-state index is 0.117. The second-order valence-electron chi connectivity index (χ2n) is 5.96. The number of carbonyl (C=O) groups excluding carboxylic acids is 1. The molecule has 1 saturated heterocycles. The van der Waals surface area contributed by atoms with Crippen LogP contribution < -0.4 is 0 Å². The lowest BCUT2D eigenvalue weighted by molar-refractivity contribution is -0.137. The molecule has 1 aromatic carbocycles. The summed E-state index contributed by atoms with van der Waals surface area (Å²) in [4.78, 5) is 25.2. The predicted octanol–water partition coefficient (Wildman–Crippen LogP) is 3.91. The Kier molecular flexibility index (Phi) is 4.71. The minimum atomic E-state index is -0.782. The smallest absolute Gasteiger partial charge is 0.303 e. The van der Waals surface area contributed by atoms with E-state index in [1.54, 1.807) is 11.0 Å². The van der Waals surface area contributed by atoms with Gasteiger partial charge in [0, 0.05) is 24.9 Å². The molecule has 0 bridgehead atoms. The topological polar surface area (TPSA) is 70.8 Å². The van der Waals surface area contributed by atoms with Crippen molar-refractivity contribution in [2.24, 2.45) is 5.92 Å². The number of carbonyl (C=O) groups is 2. The summed E-state index contributed by atoms with van der Waals surface area (Å²) in [6.07, 6.45) is 2.65. The standard InChI is InChI=1S/C17H18BrNO4/c18-13-5-1-4-12-9-14(23-16(12)13)17(22)19-8-2-3-11(10-19)6-7-15(20)21/h1,4-5,9,11H,2-3,6-8,10H2,(H,20,21). The number of rotatable bonds is 4. The Bertz CT molecular complexity index is 739. The summed E-state index contributed by atoms with van der Waals surface area (Å²) in [6.45, 7) is 1.30. The number of hydrogen-bond acceptors (Lipinski definition) is 3. The number of para-hydroxylation sites is 1. The number of hydrogen-bond donors (Lipinski definition) is 1.